The van der Waals surface area contributed by atoms with Gasteiger partial charge < -0.3 is 10.6 Å². The van der Waals surface area contributed by atoms with E-state index in [-0.39, 0.29) is 11.6 Å². The van der Waals surface area contributed by atoms with Crippen molar-refractivity contribution in [2.24, 2.45) is 4.36 Å². The molecule has 0 aliphatic rings. The van der Waals surface area contributed by atoms with Crippen LogP contribution in [0.1, 0.15) is 21.5 Å². The summed E-state index contributed by atoms with van der Waals surface area (Å²) in [6.07, 6.45) is 5.66. The van der Waals surface area contributed by atoms with Crippen LogP contribution in [0.5, 0.6) is 0 Å². The molecule has 1 aromatic carbocycles. The van der Waals surface area contributed by atoms with Crippen LogP contribution < -0.4 is 10.6 Å². The average molecular weight is 370 g/mol. The maximum Gasteiger partial charge on any atom is 0.318 e. The zero-order valence-electron chi connectivity index (χ0n) is 14.6. The number of pyridine rings is 1. The molecule has 0 fully saturated rings. The fourth-order valence-electron chi connectivity index (χ4n) is 1.89. The Hall–Kier alpha value is -3.18. The number of benzene rings is 1. The van der Waals surface area contributed by atoms with Gasteiger partial charge in [-0.05, 0) is 24.3 Å². The minimum Gasteiger partial charge on any atom is -0.341 e. The van der Waals surface area contributed by atoms with Gasteiger partial charge >= 0.3 is 6.03 Å². The van der Waals surface area contributed by atoms with E-state index < -0.39 is 15.6 Å². The van der Waals surface area contributed by atoms with Crippen molar-refractivity contribution in [3.63, 3.8) is 0 Å². The molecular formula is C18H18N4O3S. The summed E-state index contributed by atoms with van der Waals surface area (Å²) in [5, 5.41) is 5.13. The molecule has 1 heterocycles. The van der Waals surface area contributed by atoms with Crippen molar-refractivity contribution >= 4 is 27.4 Å². The molecule has 0 unspecified atom stereocenters. The summed E-state index contributed by atoms with van der Waals surface area (Å²) in [6, 6.07) is 8.26. The SMILES string of the molecule is CNC(=O)Nc1cccc(C#Cc2cncc(C(=O)N=S(C)(C)=O)c2)c1. The standard InChI is InChI=1S/C18H18N4O3S/c1-19-18(24)21-16-6-4-5-13(10-16)7-8-14-9-15(12-20-11-14)17(23)22-26(2,3)25/h4-6,9-12H,1-3H3,(H2,19,21,24). The molecule has 2 aromatic rings. The Kier molecular flexibility index (Phi) is 6.09. The molecule has 7 nitrogen and oxygen atoms in total. The smallest absolute Gasteiger partial charge is 0.318 e. The first-order valence-electron chi connectivity index (χ1n) is 7.54. The van der Waals surface area contributed by atoms with Crippen LogP contribution in [0.15, 0.2) is 47.1 Å². The lowest BCUT2D eigenvalue weighted by Crippen LogP contribution is -2.24. The number of aromatic nitrogens is 1. The lowest BCUT2D eigenvalue weighted by molar-refractivity contribution is 0.100. The van der Waals surface area contributed by atoms with Crippen LogP contribution in [0.25, 0.3) is 0 Å². The maximum atomic E-state index is 12.0. The molecule has 134 valence electrons. The van der Waals surface area contributed by atoms with Gasteiger partial charge in [-0.3, -0.25) is 9.78 Å². The highest BCUT2D eigenvalue weighted by Crippen LogP contribution is 2.10. The Bertz CT molecular complexity index is 1020. The number of amides is 3. The van der Waals surface area contributed by atoms with Crippen LogP contribution in [0.3, 0.4) is 0 Å². The van der Waals surface area contributed by atoms with E-state index in [1.807, 2.05) is 0 Å². The number of carbonyl (C=O) groups is 2. The van der Waals surface area contributed by atoms with Crippen LogP contribution in [0, 0.1) is 11.8 Å². The number of carbonyl (C=O) groups excluding carboxylic acids is 2. The Labute approximate surface area is 152 Å². The second kappa shape index (κ2) is 8.27. The van der Waals surface area contributed by atoms with E-state index in [1.54, 1.807) is 30.3 Å². The fraction of sp³-hybridized carbons (Fsp3) is 0.167. The first kappa shape index (κ1) is 19.1. The zero-order valence-corrected chi connectivity index (χ0v) is 15.4. The Morgan fingerprint density at radius 1 is 1.12 bits per heavy atom. The van der Waals surface area contributed by atoms with Crippen LogP contribution in [-0.2, 0) is 9.73 Å². The Morgan fingerprint density at radius 2 is 1.85 bits per heavy atom. The van der Waals surface area contributed by atoms with E-state index in [2.05, 4.69) is 31.8 Å². The number of hydrogen-bond acceptors (Lipinski definition) is 4. The van der Waals surface area contributed by atoms with Gasteiger partial charge in [0.2, 0.25) is 0 Å². The van der Waals surface area contributed by atoms with Gasteiger partial charge in [-0.25, -0.2) is 9.00 Å². The predicted molar refractivity (Wildman–Crippen MR) is 101 cm³/mol. The molecule has 0 atom stereocenters. The topological polar surface area (TPSA) is 101 Å². The first-order valence-corrected chi connectivity index (χ1v) is 9.87. The molecular weight excluding hydrogens is 352 g/mol. The highest BCUT2D eigenvalue weighted by molar-refractivity contribution is 7.92. The molecule has 2 rings (SSSR count). The summed E-state index contributed by atoms with van der Waals surface area (Å²) < 4.78 is 15.3. The van der Waals surface area contributed by atoms with E-state index >= 15 is 0 Å². The lowest BCUT2D eigenvalue weighted by atomic mass is 10.1. The first-order chi connectivity index (χ1) is 12.3. The molecule has 0 spiro atoms. The summed E-state index contributed by atoms with van der Waals surface area (Å²) in [6.45, 7) is 0. The van der Waals surface area contributed by atoms with Gasteiger partial charge in [-0.15, -0.1) is 0 Å². The highest BCUT2D eigenvalue weighted by atomic mass is 32.2. The lowest BCUT2D eigenvalue weighted by Gasteiger charge is -2.03. The number of anilines is 1. The van der Waals surface area contributed by atoms with E-state index in [0.717, 1.165) is 0 Å². The molecule has 0 saturated heterocycles. The molecule has 3 amide bonds. The third kappa shape index (κ3) is 6.03. The molecule has 0 aliphatic carbocycles. The summed E-state index contributed by atoms with van der Waals surface area (Å²) in [7, 11) is -1.00. The van der Waals surface area contributed by atoms with E-state index in [4.69, 9.17) is 0 Å². The molecule has 8 heteroatoms. The second-order valence-electron chi connectivity index (χ2n) is 5.57. The van der Waals surface area contributed by atoms with Gasteiger partial charge in [0.15, 0.2) is 0 Å². The van der Waals surface area contributed by atoms with E-state index in [0.29, 0.717) is 16.8 Å². The molecule has 0 aliphatic heterocycles. The molecule has 0 radical (unpaired) electrons. The van der Waals surface area contributed by atoms with Gasteiger partial charge in [0.25, 0.3) is 5.91 Å². The number of urea groups is 1. The van der Waals surface area contributed by atoms with Gasteiger partial charge in [0.05, 0.1) is 5.56 Å². The van der Waals surface area contributed by atoms with Crippen molar-refractivity contribution in [2.45, 2.75) is 0 Å². The maximum absolute atomic E-state index is 12.0. The molecule has 2 N–H and O–H groups in total. The van der Waals surface area contributed by atoms with Crippen LogP contribution in [0.2, 0.25) is 0 Å². The quantitative estimate of drug-likeness (QED) is 0.791. The van der Waals surface area contributed by atoms with Gasteiger partial charge in [-0.2, -0.15) is 4.36 Å². The van der Waals surface area contributed by atoms with Crippen molar-refractivity contribution < 1.29 is 13.8 Å². The molecule has 0 bridgehead atoms. The van der Waals surface area contributed by atoms with Crippen molar-refractivity contribution in [1.29, 1.82) is 0 Å². The fourth-order valence-corrected chi connectivity index (χ4v) is 2.40. The minimum atomic E-state index is -2.53. The van der Waals surface area contributed by atoms with Crippen LogP contribution >= 0.6 is 0 Å². The minimum absolute atomic E-state index is 0.225. The summed E-state index contributed by atoms with van der Waals surface area (Å²) in [4.78, 5) is 27.3. The van der Waals surface area contributed by atoms with Gasteiger partial charge in [0.1, 0.15) is 0 Å². The average Bonchev–Trinajstić information content (AvgIpc) is 2.59. The zero-order chi connectivity index (χ0) is 19.2. The van der Waals surface area contributed by atoms with E-state index in [1.165, 1.54) is 32.0 Å². The van der Waals surface area contributed by atoms with Crippen molar-refractivity contribution in [3.05, 3.63) is 59.4 Å². The normalized spacial score (nSPS) is 10.3. The van der Waals surface area contributed by atoms with Crippen LogP contribution in [0.4, 0.5) is 10.5 Å². The van der Waals surface area contributed by atoms with E-state index in [9.17, 15) is 13.8 Å². The number of hydrogen-bond donors (Lipinski definition) is 2. The number of nitrogens with one attached hydrogen (secondary N) is 2. The van der Waals surface area contributed by atoms with Crippen molar-refractivity contribution in [2.75, 3.05) is 24.9 Å². The molecule has 26 heavy (non-hydrogen) atoms. The summed E-state index contributed by atoms with van der Waals surface area (Å²) >= 11 is 0. The highest BCUT2D eigenvalue weighted by Gasteiger charge is 2.07. The second-order valence-corrected chi connectivity index (χ2v) is 8.12. The Balaban J connectivity index is 2.24. The van der Waals surface area contributed by atoms with Crippen molar-refractivity contribution in [3.8, 4) is 11.8 Å². The third-order valence-electron chi connectivity index (χ3n) is 2.99. The predicted octanol–water partition coefficient (Wildman–Crippen LogP) is 2.10. The summed E-state index contributed by atoms with van der Waals surface area (Å²) in [5.41, 5.74) is 2.04. The summed E-state index contributed by atoms with van der Waals surface area (Å²) in [5.74, 6) is 5.26. The van der Waals surface area contributed by atoms with Gasteiger partial charge in [0, 0.05) is 58.5 Å². The number of nitrogens with zero attached hydrogens (tertiary/aromatic N) is 2. The van der Waals surface area contributed by atoms with Crippen LogP contribution in [-0.4, -0.2) is 40.7 Å². The third-order valence-corrected chi connectivity index (χ3v) is 3.59. The van der Waals surface area contributed by atoms with Gasteiger partial charge in [-0.1, -0.05) is 17.9 Å². The number of rotatable bonds is 2. The Morgan fingerprint density at radius 3 is 2.54 bits per heavy atom. The molecule has 1 aromatic heterocycles. The monoisotopic (exact) mass is 370 g/mol. The van der Waals surface area contributed by atoms with Crippen molar-refractivity contribution in [1.82, 2.24) is 10.3 Å². The largest absolute Gasteiger partial charge is 0.341 e. The molecule has 0 saturated carbocycles.